The summed E-state index contributed by atoms with van der Waals surface area (Å²) in [7, 11) is 0. The van der Waals surface area contributed by atoms with Crippen LogP contribution in [-0.2, 0) is 4.79 Å². The molecule has 7 nitrogen and oxygen atoms in total. The van der Waals surface area contributed by atoms with E-state index in [-0.39, 0.29) is 29.3 Å². The molecular formula is C19H18N4O3. The largest absolute Gasteiger partial charge is 0.343 e. The quantitative estimate of drug-likeness (QED) is 0.791. The summed E-state index contributed by atoms with van der Waals surface area (Å²) in [6, 6.07) is 8.89. The molecule has 7 heteroatoms. The number of piperazine rings is 1. The lowest BCUT2D eigenvalue weighted by molar-refractivity contribution is -0.131. The fourth-order valence-corrected chi connectivity index (χ4v) is 4.07. The fraction of sp³-hybridized carbons (Fsp3) is 0.368. The number of allylic oxidation sites excluding steroid dienone is 2. The Hall–Kier alpha value is -2.98. The number of Topliss-reactive ketones (excluding diaryl/α,β-unsaturated/α-hetero) is 2. The number of ketones is 2. The van der Waals surface area contributed by atoms with E-state index in [4.69, 9.17) is 5.26 Å². The minimum absolute atomic E-state index is 0.200. The summed E-state index contributed by atoms with van der Waals surface area (Å²) >= 11 is 0. The molecule has 1 aliphatic carbocycles. The number of hydrogen-bond acceptors (Lipinski definition) is 6. The first kappa shape index (κ1) is 16.5. The average Bonchev–Trinajstić information content (AvgIpc) is 2.99. The van der Waals surface area contributed by atoms with Gasteiger partial charge in [0.2, 0.25) is 17.5 Å². The van der Waals surface area contributed by atoms with Crippen molar-refractivity contribution in [1.29, 1.82) is 5.26 Å². The highest BCUT2D eigenvalue weighted by atomic mass is 16.2. The SMILES string of the molecule is CC(=O)N1C2=C(C(=O)c3ccccc3C2=O)N2CCN(CCC#N)CC21. The van der Waals surface area contributed by atoms with Gasteiger partial charge in [-0.3, -0.25) is 24.2 Å². The highest BCUT2D eigenvalue weighted by Crippen LogP contribution is 2.39. The molecule has 0 radical (unpaired) electrons. The van der Waals surface area contributed by atoms with Crippen molar-refractivity contribution >= 4 is 17.5 Å². The lowest BCUT2D eigenvalue weighted by Crippen LogP contribution is -2.56. The molecular weight excluding hydrogens is 332 g/mol. The van der Waals surface area contributed by atoms with Crippen LogP contribution < -0.4 is 0 Å². The van der Waals surface area contributed by atoms with Crippen molar-refractivity contribution in [2.45, 2.75) is 19.5 Å². The van der Waals surface area contributed by atoms with Crippen LogP contribution in [0.4, 0.5) is 0 Å². The van der Waals surface area contributed by atoms with Crippen LogP contribution in [0, 0.1) is 11.3 Å². The van der Waals surface area contributed by atoms with E-state index in [0.29, 0.717) is 49.4 Å². The van der Waals surface area contributed by atoms with Crippen molar-refractivity contribution in [3.05, 3.63) is 46.8 Å². The molecule has 1 amide bonds. The number of benzene rings is 1. The second kappa shape index (κ2) is 6.07. The van der Waals surface area contributed by atoms with E-state index in [0.717, 1.165) is 0 Å². The van der Waals surface area contributed by atoms with Crippen LogP contribution in [0.25, 0.3) is 0 Å². The Morgan fingerprint density at radius 1 is 1.15 bits per heavy atom. The summed E-state index contributed by atoms with van der Waals surface area (Å²) in [6.07, 6.45) is 0.0237. The molecule has 1 fully saturated rings. The molecule has 1 aromatic rings. The van der Waals surface area contributed by atoms with Gasteiger partial charge in [0, 0.05) is 50.7 Å². The van der Waals surface area contributed by atoms with Crippen molar-refractivity contribution < 1.29 is 14.4 Å². The highest BCUT2D eigenvalue weighted by molar-refractivity contribution is 6.27. The van der Waals surface area contributed by atoms with Crippen molar-refractivity contribution in [1.82, 2.24) is 14.7 Å². The van der Waals surface area contributed by atoms with Gasteiger partial charge >= 0.3 is 0 Å². The smallest absolute Gasteiger partial charge is 0.225 e. The van der Waals surface area contributed by atoms with E-state index in [1.54, 1.807) is 24.3 Å². The van der Waals surface area contributed by atoms with Gasteiger partial charge in [-0.1, -0.05) is 24.3 Å². The third-order valence-electron chi connectivity index (χ3n) is 5.21. The second-order valence-corrected chi connectivity index (χ2v) is 6.67. The topological polar surface area (TPSA) is 84.7 Å². The summed E-state index contributed by atoms with van der Waals surface area (Å²) in [5.41, 5.74) is 1.29. The molecule has 2 aliphatic heterocycles. The number of nitriles is 1. The summed E-state index contributed by atoms with van der Waals surface area (Å²) in [5.74, 6) is -0.731. The Bertz CT molecular complexity index is 898. The van der Waals surface area contributed by atoms with E-state index in [1.165, 1.54) is 11.8 Å². The van der Waals surface area contributed by atoms with E-state index < -0.39 is 0 Å². The lowest BCUT2D eigenvalue weighted by atomic mass is 9.90. The van der Waals surface area contributed by atoms with Gasteiger partial charge in [-0.05, 0) is 0 Å². The normalized spacial score (nSPS) is 22.1. The Kier molecular flexibility index (Phi) is 3.85. The van der Waals surface area contributed by atoms with Gasteiger partial charge in [0.25, 0.3) is 0 Å². The van der Waals surface area contributed by atoms with Crippen LogP contribution in [0.5, 0.6) is 0 Å². The van der Waals surface area contributed by atoms with Crippen LogP contribution in [0.2, 0.25) is 0 Å². The van der Waals surface area contributed by atoms with Crippen LogP contribution in [0.1, 0.15) is 34.1 Å². The zero-order valence-electron chi connectivity index (χ0n) is 14.4. The van der Waals surface area contributed by atoms with Gasteiger partial charge < -0.3 is 4.90 Å². The number of rotatable bonds is 2. The molecule has 2 heterocycles. The maximum atomic E-state index is 13.1. The number of hydrogen-bond donors (Lipinski definition) is 0. The van der Waals surface area contributed by atoms with Gasteiger partial charge in [-0.15, -0.1) is 0 Å². The Balaban J connectivity index is 1.76. The number of fused-ring (bicyclic) bond motifs is 3. The van der Waals surface area contributed by atoms with Crippen LogP contribution in [0.15, 0.2) is 35.7 Å². The molecule has 1 aromatic carbocycles. The molecule has 26 heavy (non-hydrogen) atoms. The van der Waals surface area contributed by atoms with Crippen LogP contribution in [0.3, 0.4) is 0 Å². The molecule has 4 rings (SSSR count). The molecule has 1 unspecified atom stereocenters. The Labute approximate surface area is 151 Å². The lowest BCUT2D eigenvalue weighted by Gasteiger charge is -2.41. The highest BCUT2D eigenvalue weighted by Gasteiger charge is 2.50. The molecule has 0 aromatic heterocycles. The molecule has 0 N–H and O–H groups in total. The van der Waals surface area contributed by atoms with Crippen molar-refractivity contribution in [3.63, 3.8) is 0 Å². The maximum Gasteiger partial charge on any atom is 0.225 e. The van der Waals surface area contributed by atoms with Crippen LogP contribution in [-0.4, -0.2) is 64.5 Å². The van der Waals surface area contributed by atoms with Gasteiger partial charge in [0.1, 0.15) is 17.6 Å². The Morgan fingerprint density at radius 2 is 1.81 bits per heavy atom. The standard InChI is InChI=1S/C19H18N4O3/c1-12(24)23-15-11-21(8-4-7-20)9-10-22(15)16-17(23)19(26)14-6-3-2-5-13(14)18(16)25/h2-3,5-6,15H,4,8-11H2,1H3. The first-order chi connectivity index (χ1) is 12.5. The molecule has 0 spiro atoms. The predicted octanol–water partition coefficient (Wildman–Crippen LogP) is 0.997. The van der Waals surface area contributed by atoms with Gasteiger partial charge in [0.15, 0.2) is 0 Å². The molecule has 1 atom stereocenters. The second-order valence-electron chi connectivity index (χ2n) is 6.67. The molecule has 0 saturated carbocycles. The number of carbonyl (C=O) groups is 3. The average molecular weight is 350 g/mol. The third-order valence-corrected chi connectivity index (χ3v) is 5.21. The van der Waals surface area contributed by atoms with Gasteiger partial charge in [-0.25, -0.2) is 0 Å². The molecule has 0 bridgehead atoms. The van der Waals surface area contributed by atoms with Gasteiger partial charge in [0.05, 0.1) is 6.07 Å². The summed E-state index contributed by atoms with van der Waals surface area (Å²) in [5, 5.41) is 8.81. The van der Waals surface area contributed by atoms with Crippen molar-refractivity contribution in [3.8, 4) is 6.07 Å². The zero-order valence-corrected chi connectivity index (χ0v) is 14.4. The minimum Gasteiger partial charge on any atom is -0.343 e. The summed E-state index contributed by atoms with van der Waals surface area (Å²) in [4.78, 5) is 44.0. The molecule has 132 valence electrons. The van der Waals surface area contributed by atoms with E-state index in [1.807, 2.05) is 4.90 Å². The van der Waals surface area contributed by atoms with E-state index in [9.17, 15) is 14.4 Å². The fourth-order valence-electron chi connectivity index (χ4n) is 4.07. The minimum atomic E-state index is -0.382. The predicted molar refractivity (Wildman–Crippen MR) is 91.8 cm³/mol. The summed E-state index contributed by atoms with van der Waals surface area (Å²) < 4.78 is 0. The Morgan fingerprint density at radius 3 is 2.42 bits per heavy atom. The van der Waals surface area contributed by atoms with E-state index in [2.05, 4.69) is 11.0 Å². The first-order valence-corrected chi connectivity index (χ1v) is 8.63. The third kappa shape index (κ3) is 2.26. The number of carbonyl (C=O) groups excluding carboxylic acids is 3. The van der Waals surface area contributed by atoms with Crippen molar-refractivity contribution in [2.75, 3.05) is 26.2 Å². The number of nitrogens with zero attached hydrogens (tertiary/aromatic N) is 4. The monoisotopic (exact) mass is 350 g/mol. The number of amides is 1. The van der Waals surface area contributed by atoms with Crippen molar-refractivity contribution in [2.24, 2.45) is 0 Å². The zero-order chi connectivity index (χ0) is 18.4. The molecule has 3 aliphatic rings. The molecule has 1 saturated heterocycles. The van der Waals surface area contributed by atoms with Crippen LogP contribution >= 0.6 is 0 Å². The summed E-state index contributed by atoms with van der Waals surface area (Å²) in [6.45, 7) is 3.76. The van der Waals surface area contributed by atoms with Gasteiger partial charge in [-0.2, -0.15) is 5.26 Å². The first-order valence-electron chi connectivity index (χ1n) is 8.63. The van der Waals surface area contributed by atoms with E-state index >= 15 is 0 Å². The maximum absolute atomic E-state index is 13.1.